The van der Waals surface area contributed by atoms with Gasteiger partial charge in [-0.1, -0.05) is 18.2 Å². The number of hydrogen-bond acceptors (Lipinski definition) is 5. The second-order valence-corrected chi connectivity index (χ2v) is 5.50. The van der Waals surface area contributed by atoms with Crippen molar-refractivity contribution < 1.29 is 27.6 Å². The zero-order valence-electron chi connectivity index (χ0n) is 14.2. The van der Waals surface area contributed by atoms with Crippen LogP contribution in [0.4, 0.5) is 30.2 Å². The molecule has 144 valence electrons. The highest BCUT2D eigenvalue weighted by Crippen LogP contribution is 2.31. The highest BCUT2D eigenvalue weighted by atomic mass is 19.4. The van der Waals surface area contributed by atoms with Gasteiger partial charge < -0.3 is 15.0 Å². The Kier molecular flexibility index (Phi) is 6.22. The maximum absolute atomic E-state index is 12.3. The van der Waals surface area contributed by atoms with Crippen molar-refractivity contribution in [3.63, 3.8) is 0 Å². The van der Waals surface area contributed by atoms with Gasteiger partial charge in [-0.15, -0.1) is 0 Å². The van der Waals surface area contributed by atoms with Gasteiger partial charge in [-0.25, -0.2) is 0 Å². The number of likely N-dealkylation sites (N-methyl/N-ethyl adjacent to an activating group) is 1. The minimum absolute atomic E-state index is 0.182. The van der Waals surface area contributed by atoms with Crippen molar-refractivity contribution in [1.29, 1.82) is 0 Å². The third-order valence-corrected chi connectivity index (χ3v) is 3.54. The Hall–Kier alpha value is -3.30. The molecule has 0 saturated heterocycles. The number of anilines is 2. The second-order valence-electron chi connectivity index (χ2n) is 5.50. The summed E-state index contributed by atoms with van der Waals surface area (Å²) in [6.45, 7) is 0.536. The molecule has 7 nitrogen and oxygen atoms in total. The Bertz CT molecular complexity index is 813. The van der Waals surface area contributed by atoms with Gasteiger partial charge in [0.05, 0.1) is 11.5 Å². The normalized spacial score (nSPS) is 11.0. The van der Waals surface area contributed by atoms with E-state index in [1.165, 1.54) is 17.0 Å². The lowest BCUT2D eigenvalue weighted by Crippen LogP contribution is -2.30. The largest absolute Gasteiger partial charge is 0.492 e. The van der Waals surface area contributed by atoms with Crippen LogP contribution in [0.25, 0.3) is 0 Å². The average molecular weight is 383 g/mol. The van der Waals surface area contributed by atoms with E-state index in [-0.39, 0.29) is 18.0 Å². The molecule has 0 fully saturated rings. The Morgan fingerprint density at radius 1 is 1.22 bits per heavy atom. The minimum Gasteiger partial charge on any atom is -0.492 e. The van der Waals surface area contributed by atoms with Crippen molar-refractivity contribution >= 4 is 23.0 Å². The molecule has 2 rings (SSSR count). The van der Waals surface area contributed by atoms with E-state index in [9.17, 15) is 28.1 Å². The first-order chi connectivity index (χ1) is 12.7. The number of nitrogens with zero attached hydrogens (tertiary/aromatic N) is 2. The van der Waals surface area contributed by atoms with Gasteiger partial charge in [-0.05, 0) is 24.3 Å². The number of rotatable bonds is 7. The predicted molar refractivity (Wildman–Crippen MR) is 93.0 cm³/mol. The van der Waals surface area contributed by atoms with Crippen molar-refractivity contribution in [2.45, 2.75) is 6.18 Å². The van der Waals surface area contributed by atoms with Crippen molar-refractivity contribution in [3.05, 3.63) is 58.6 Å². The summed E-state index contributed by atoms with van der Waals surface area (Å²) in [5.41, 5.74) is -0.569. The van der Waals surface area contributed by atoms with E-state index in [0.717, 1.165) is 6.07 Å². The number of benzene rings is 2. The van der Waals surface area contributed by atoms with Crippen LogP contribution >= 0.6 is 0 Å². The van der Waals surface area contributed by atoms with Gasteiger partial charge in [0.1, 0.15) is 18.0 Å². The molecular weight excluding hydrogens is 367 g/mol. The van der Waals surface area contributed by atoms with Gasteiger partial charge >= 0.3 is 12.1 Å². The number of amides is 1. The van der Waals surface area contributed by atoms with Crippen LogP contribution in [0.1, 0.15) is 0 Å². The van der Waals surface area contributed by atoms with Crippen molar-refractivity contribution in [2.75, 3.05) is 30.4 Å². The summed E-state index contributed by atoms with van der Waals surface area (Å²) < 4.78 is 42.5. The van der Waals surface area contributed by atoms with Crippen molar-refractivity contribution in [3.8, 4) is 5.75 Å². The Labute approximate surface area is 152 Å². The molecule has 0 saturated carbocycles. The maximum Gasteiger partial charge on any atom is 0.471 e. The van der Waals surface area contributed by atoms with Crippen LogP contribution in [0.3, 0.4) is 0 Å². The fourth-order valence-corrected chi connectivity index (χ4v) is 2.21. The van der Waals surface area contributed by atoms with Crippen LogP contribution in [0, 0.1) is 10.1 Å². The molecule has 0 aromatic heterocycles. The number of para-hydroxylation sites is 1. The van der Waals surface area contributed by atoms with Crippen LogP contribution in [-0.4, -0.2) is 37.2 Å². The molecule has 27 heavy (non-hydrogen) atoms. The van der Waals surface area contributed by atoms with Gasteiger partial charge in [-0.3, -0.25) is 14.9 Å². The van der Waals surface area contributed by atoms with E-state index in [1.54, 1.807) is 36.6 Å². The number of ether oxygens (including phenoxy) is 1. The van der Waals surface area contributed by atoms with Crippen molar-refractivity contribution in [2.24, 2.45) is 0 Å². The molecule has 0 aliphatic heterocycles. The molecule has 0 radical (unpaired) electrons. The molecule has 0 heterocycles. The number of nitro groups is 1. The van der Waals surface area contributed by atoms with Crippen LogP contribution in [0.15, 0.2) is 48.5 Å². The average Bonchev–Trinajstić information content (AvgIpc) is 2.61. The third-order valence-electron chi connectivity index (χ3n) is 3.54. The lowest BCUT2D eigenvalue weighted by molar-refractivity contribution is -0.384. The molecule has 0 bridgehead atoms. The van der Waals surface area contributed by atoms with E-state index >= 15 is 0 Å². The molecule has 0 atom stereocenters. The molecule has 0 aliphatic carbocycles. The fourth-order valence-electron chi connectivity index (χ4n) is 2.21. The summed E-state index contributed by atoms with van der Waals surface area (Å²) in [6, 6.07) is 12.3. The van der Waals surface area contributed by atoms with Crippen LogP contribution in [-0.2, 0) is 4.79 Å². The Morgan fingerprint density at radius 3 is 2.48 bits per heavy atom. The number of alkyl halides is 3. The number of halogens is 3. The summed E-state index contributed by atoms with van der Waals surface area (Å²) in [6.07, 6.45) is -5.08. The number of carbonyl (C=O) groups is 1. The topological polar surface area (TPSA) is 84.7 Å². The zero-order valence-corrected chi connectivity index (χ0v) is 14.2. The first-order valence-corrected chi connectivity index (χ1v) is 7.74. The lowest BCUT2D eigenvalue weighted by atomic mass is 10.2. The number of nitro benzene ring substituents is 1. The van der Waals surface area contributed by atoms with Gasteiger partial charge in [0, 0.05) is 18.8 Å². The van der Waals surface area contributed by atoms with Crippen LogP contribution in [0.2, 0.25) is 0 Å². The minimum atomic E-state index is -5.08. The zero-order chi connectivity index (χ0) is 20.0. The Morgan fingerprint density at radius 2 is 1.89 bits per heavy atom. The first kappa shape index (κ1) is 20.0. The molecule has 0 unspecified atom stereocenters. The van der Waals surface area contributed by atoms with Gasteiger partial charge in [0.25, 0.3) is 5.69 Å². The molecule has 1 N–H and O–H groups in total. The summed E-state index contributed by atoms with van der Waals surface area (Å²) in [5, 5.41) is 12.9. The van der Waals surface area contributed by atoms with Gasteiger partial charge in [-0.2, -0.15) is 13.2 Å². The summed E-state index contributed by atoms with van der Waals surface area (Å²) >= 11 is 0. The lowest BCUT2D eigenvalue weighted by Gasteiger charge is -2.20. The van der Waals surface area contributed by atoms with E-state index in [4.69, 9.17) is 4.74 Å². The number of nitrogens with one attached hydrogen (secondary N) is 1. The fraction of sp³-hybridized carbons (Fsp3) is 0.235. The summed E-state index contributed by atoms with van der Waals surface area (Å²) in [7, 11) is 1.59. The number of hydrogen-bond donors (Lipinski definition) is 1. The SMILES string of the molecule is CN(CCOc1ccccc1)c1ccc(NC(=O)C(F)(F)F)cc1[N+](=O)[O-]. The molecule has 2 aromatic rings. The van der Waals surface area contributed by atoms with E-state index < -0.39 is 22.7 Å². The molecule has 0 aliphatic rings. The summed E-state index contributed by atoms with van der Waals surface area (Å²) in [4.78, 5) is 23.1. The van der Waals surface area contributed by atoms with Crippen molar-refractivity contribution in [1.82, 2.24) is 0 Å². The predicted octanol–water partition coefficient (Wildman–Crippen LogP) is 3.61. The quantitative estimate of drug-likeness (QED) is 0.583. The maximum atomic E-state index is 12.3. The first-order valence-electron chi connectivity index (χ1n) is 7.74. The smallest absolute Gasteiger partial charge is 0.471 e. The molecule has 2 aromatic carbocycles. The molecular formula is C17H16F3N3O4. The molecule has 0 spiro atoms. The summed E-state index contributed by atoms with van der Waals surface area (Å²) in [5.74, 6) is -1.56. The van der Waals surface area contributed by atoms with E-state index in [1.807, 2.05) is 6.07 Å². The molecule has 10 heteroatoms. The highest BCUT2D eigenvalue weighted by molar-refractivity contribution is 5.95. The van der Waals surface area contributed by atoms with Gasteiger partial charge in [0.2, 0.25) is 0 Å². The van der Waals surface area contributed by atoms with Crippen LogP contribution < -0.4 is 15.0 Å². The van der Waals surface area contributed by atoms with E-state index in [2.05, 4.69) is 0 Å². The number of carbonyl (C=O) groups excluding carboxylic acids is 1. The van der Waals surface area contributed by atoms with Crippen LogP contribution in [0.5, 0.6) is 5.75 Å². The third kappa shape index (κ3) is 5.59. The Balaban J connectivity index is 2.08. The standard InChI is InChI=1S/C17H16F3N3O4/c1-22(9-10-27-13-5-3-2-4-6-13)14-8-7-12(11-15(14)23(25)26)21-16(24)17(18,19)20/h2-8,11H,9-10H2,1H3,(H,21,24). The second kappa shape index (κ2) is 8.39. The highest BCUT2D eigenvalue weighted by Gasteiger charge is 2.38. The van der Waals surface area contributed by atoms with Gasteiger partial charge in [0.15, 0.2) is 0 Å². The monoisotopic (exact) mass is 383 g/mol. The molecule has 1 amide bonds. The van der Waals surface area contributed by atoms with E-state index in [0.29, 0.717) is 12.3 Å².